The summed E-state index contributed by atoms with van der Waals surface area (Å²) in [5.74, 6) is 0.0226. The second-order valence-electron chi connectivity index (χ2n) is 5.03. The van der Waals surface area contributed by atoms with E-state index < -0.39 is 0 Å². The van der Waals surface area contributed by atoms with Crippen molar-refractivity contribution in [1.29, 1.82) is 0 Å². The van der Waals surface area contributed by atoms with E-state index in [1.165, 1.54) is 12.8 Å². The van der Waals surface area contributed by atoms with Crippen LogP contribution in [0.1, 0.15) is 36.0 Å². The number of rotatable bonds is 2. The lowest BCUT2D eigenvalue weighted by Gasteiger charge is -2.11. The van der Waals surface area contributed by atoms with Gasteiger partial charge in [0.25, 0.3) is 5.91 Å². The lowest BCUT2D eigenvalue weighted by Crippen LogP contribution is -2.32. The molecule has 2 aromatic rings. The van der Waals surface area contributed by atoms with Gasteiger partial charge in [0.15, 0.2) is 0 Å². The summed E-state index contributed by atoms with van der Waals surface area (Å²) in [7, 11) is 1.89. The second-order valence-corrected chi connectivity index (χ2v) is 5.03. The largest absolute Gasteiger partial charge is 0.349 e. The first kappa shape index (κ1) is 11.3. The van der Waals surface area contributed by atoms with Gasteiger partial charge in [-0.05, 0) is 25.0 Å². The van der Waals surface area contributed by atoms with Crippen LogP contribution in [0.5, 0.6) is 0 Å². The summed E-state index contributed by atoms with van der Waals surface area (Å²) in [5, 5.41) is 8.48. The third-order valence-electron chi connectivity index (χ3n) is 3.57. The van der Waals surface area contributed by atoms with Crippen molar-refractivity contribution in [3.63, 3.8) is 0 Å². The first-order valence-corrected chi connectivity index (χ1v) is 6.47. The van der Waals surface area contributed by atoms with Gasteiger partial charge in [-0.2, -0.15) is 5.10 Å². The molecule has 0 saturated heterocycles. The molecule has 1 heterocycles. The van der Waals surface area contributed by atoms with Crippen molar-refractivity contribution in [3.05, 3.63) is 30.0 Å². The monoisotopic (exact) mass is 243 g/mol. The number of hydrogen-bond donors (Lipinski definition) is 1. The van der Waals surface area contributed by atoms with Gasteiger partial charge in [-0.25, -0.2) is 0 Å². The minimum Gasteiger partial charge on any atom is -0.349 e. The Morgan fingerprint density at radius 1 is 1.39 bits per heavy atom. The third kappa shape index (κ3) is 2.10. The van der Waals surface area contributed by atoms with Crippen LogP contribution in [0.15, 0.2) is 24.4 Å². The van der Waals surface area contributed by atoms with E-state index in [2.05, 4.69) is 10.4 Å². The van der Waals surface area contributed by atoms with Gasteiger partial charge in [-0.15, -0.1) is 0 Å². The lowest BCUT2D eigenvalue weighted by molar-refractivity contribution is 0.0938. The van der Waals surface area contributed by atoms with Gasteiger partial charge in [0.05, 0.1) is 5.52 Å². The molecule has 18 heavy (non-hydrogen) atoms. The summed E-state index contributed by atoms with van der Waals surface area (Å²) in [6.07, 6.45) is 6.62. The molecule has 1 aliphatic carbocycles. The quantitative estimate of drug-likeness (QED) is 0.879. The van der Waals surface area contributed by atoms with Crippen LogP contribution in [0.3, 0.4) is 0 Å². The fraction of sp³-hybridized carbons (Fsp3) is 0.429. The zero-order valence-corrected chi connectivity index (χ0v) is 10.5. The van der Waals surface area contributed by atoms with E-state index in [1.807, 2.05) is 31.4 Å². The Labute approximate surface area is 106 Å². The van der Waals surface area contributed by atoms with Crippen LogP contribution >= 0.6 is 0 Å². The molecule has 1 saturated carbocycles. The molecule has 0 unspecified atom stereocenters. The van der Waals surface area contributed by atoms with Crippen molar-refractivity contribution in [2.75, 3.05) is 0 Å². The highest BCUT2D eigenvalue weighted by atomic mass is 16.1. The molecule has 0 bridgehead atoms. The Kier molecular flexibility index (Phi) is 2.78. The zero-order chi connectivity index (χ0) is 12.5. The van der Waals surface area contributed by atoms with E-state index in [1.54, 1.807) is 4.68 Å². The molecule has 1 N–H and O–H groups in total. The molecular weight excluding hydrogens is 226 g/mol. The number of carbonyl (C=O) groups is 1. The number of benzene rings is 1. The molecule has 0 radical (unpaired) electrons. The molecule has 94 valence electrons. The highest BCUT2D eigenvalue weighted by Gasteiger charge is 2.18. The van der Waals surface area contributed by atoms with Crippen molar-refractivity contribution in [3.8, 4) is 0 Å². The molecule has 0 aliphatic heterocycles. The molecule has 0 spiro atoms. The van der Waals surface area contributed by atoms with Crippen LogP contribution in [0.25, 0.3) is 10.9 Å². The molecule has 1 aromatic carbocycles. The van der Waals surface area contributed by atoms with Gasteiger partial charge in [0.1, 0.15) is 0 Å². The molecule has 1 amide bonds. The van der Waals surface area contributed by atoms with Crippen LogP contribution in [0.2, 0.25) is 0 Å². The minimum absolute atomic E-state index is 0.0226. The maximum atomic E-state index is 12.1. The molecular formula is C14H17N3O. The molecule has 0 atom stereocenters. The number of aryl methyl sites for hydroxylation is 1. The van der Waals surface area contributed by atoms with Crippen LogP contribution in [-0.2, 0) is 7.05 Å². The van der Waals surface area contributed by atoms with Crippen molar-refractivity contribution in [2.45, 2.75) is 31.7 Å². The number of nitrogens with zero attached hydrogens (tertiary/aromatic N) is 2. The lowest BCUT2D eigenvalue weighted by atomic mass is 10.1. The standard InChI is InChI=1S/C14H17N3O/c1-17-9-11-7-6-10(8-13(11)16-17)14(18)15-12-4-2-3-5-12/h6-9,12H,2-5H2,1H3,(H,15,18). The average Bonchev–Trinajstić information content (AvgIpc) is 2.95. The first-order chi connectivity index (χ1) is 8.72. The van der Waals surface area contributed by atoms with Crippen LogP contribution in [0, 0.1) is 0 Å². The molecule has 4 nitrogen and oxygen atoms in total. The molecule has 1 aromatic heterocycles. The number of hydrogen-bond acceptors (Lipinski definition) is 2. The number of fused-ring (bicyclic) bond motifs is 1. The summed E-state index contributed by atoms with van der Waals surface area (Å²) in [4.78, 5) is 12.1. The van der Waals surface area contributed by atoms with E-state index >= 15 is 0 Å². The van der Waals surface area contributed by atoms with Crippen LogP contribution in [0.4, 0.5) is 0 Å². The fourth-order valence-corrected chi connectivity index (χ4v) is 2.62. The third-order valence-corrected chi connectivity index (χ3v) is 3.57. The van der Waals surface area contributed by atoms with Gasteiger partial charge in [0, 0.05) is 30.2 Å². The Hall–Kier alpha value is -1.84. The summed E-state index contributed by atoms with van der Waals surface area (Å²) in [6, 6.07) is 6.04. The Balaban J connectivity index is 1.81. The first-order valence-electron chi connectivity index (χ1n) is 6.47. The predicted octanol–water partition coefficient (Wildman–Crippen LogP) is 2.25. The topological polar surface area (TPSA) is 46.9 Å². The highest BCUT2D eigenvalue weighted by molar-refractivity contribution is 5.97. The van der Waals surface area contributed by atoms with Gasteiger partial charge in [0.2, 0.25) is 0 Å². The van der Waals surface area contributed by atoms with E-state index in [4.69, 9.17) is 0 Å². The number of aromatic nitrogens is 2. The summed E-state index contributed by atoms with van der Waals surface area (Å²) < 4.78 is 1.77. The average molecular weight is 243 g/mol. The Bertz CT molecular complexity index is 582. The van der Waals surface area contributed by atoms with E-state index in [0.29, 0.717) is 11.6 Å². The fourth-order valence-electron chi connectivity index (χ4n) is 2.62. The zero-order valence-electron chi connectivity index (χ0n) is 10.5. The maximum absolute atomic E-state index is 12.1. The molecule has 1 aliphatic rings. The number of nitrogens with one attached hydrogen (secondary N) is 1. The summed E-state index contributed by atoms with van der Waals surface area (Å²) in [5.41, 5.74) is 1.57. The van der Waals surface area contributed by atoms with Crippen LogP contribution in [-0.4, -0.2) is 21.7 Å². The van der Waals surface area contributed by atoms with E-state index in [9.17, 15) is 4.79 Å². The Morgan fingerprint density at radius 2 is 2.17 bits per heavy atom. The van der Waals surface area contributed by atoms with E-state index in [0.717, 1.165) is 23.7 Å². The predicted molar refractivity (Wildman–Crippen MR) is 70.4 cm³/mol. The van der Waals surface area contributed by atoms with Crippen molar-refractivity contribution >= 4 is 16.8 Å². The van der Waals surface area contributed by atoms with Crippen molar-refractivity contribution < 1.29 is 4.79 Å². The Morgan fingerprint density at radius 3 is 2.94 bits per heavy atom. The van der Waals surface area contributed by atoms with Crippen molar-refractivity contribution in [2.24, 2.45) is 7.05 Å². The van der Waals surface area contributed by atoms with E-state index in [-0.39, 0.29) is 5.91 Å². The second kappa shape index (κ2) is 4.44. The summed E-state index contributed by atoms with van der Waals surface area (Å²) in [6.45, 7) is 0. The SMILES string of the molecule is Cn1cc2ccc(C(=O)NC3CCCC3)cc2n1. The minimum atomic E-state index is 0.0226. The number of carbonyl (C=O) groups excluding carboxylic acids is 1. The summed E-state index contributed by atoms with van der Waals surface area (Å²) >= 11 is 0. The van der Waals surface area contributed by atoms with Crippen molar-refractivity contribution in [1.82, 2.24) is 15.1 Å². The smallest absolute Gasteiger partial charge is 0.251 e. The van der Waals surface area contributed by atoms with Gasteiger partial charge >= 0.3 is 0 Å². The molecule has 4 heteroatoms. The van der Waals surface area contributed by atoms with Gasteiger partial charge in [-0.1, -0.05) is 18.9 Å². The highest BCUT2D eigenvalue weighted by Crippen LogP contribution is 2.19. The van der Waals surface area contributed by atoms with Gasteiger partial charge in [-0.3, -0.25) is 9.48 Å². The van der Waals surface area contributed by atoms with Gasteiger partial charge < -0.3 is 5.32 Å². The van der Waals surface area contributed by atoms with Crippen LogP contribution < -0.4 is 5.32 Å². The maximum Gasteiger partial charge on any atom is 0.251 e. The normalized spacial score (nSPS) is 16.3. The number of amides is 1. The molecule has 1 fully saturated rings. The molecule has 3 rings (SSSR count).